The number of carbonyl (C=O) groups excluding carboxylic acids is 1. The van der Waals surface area contributed by atoms with Crippen LogP contribution in [0, 0.1) is 6.92 Å². The highest BCUT2D eigenvalue weighted by atomic mass is 32.2. The van der Waals surface area contributed by atoms with Crippen molar-refractivity contribution in [2.24, 2.45) is 0 Å². The van der Waals surface area contributed by atoms with Crippen molar-refractivity contribution in [3.63, 3.8) is 0 Å². The Kier molecular flexibility index (Phi) is 6.65. The van der Waals surface area contributed by atoms with Crippen LogP contribution in [-0.2, 0) is 23.8 Å². The van der Waals surface area contributed by atoms with Crippen LogP contribution in [0.5, 0.6) is 0 Å². The molecule has 0 saturated carbocycles. The summed E-state index contributed by atoms with van der Waals surface area (Å²) in [7, 11) is -3.81. The Morgan fingerprint density at radius 3 is 2.42 bits per heavy atom. The van der Waals surface area contributed by atoms with Gasteiger partial charge in [0.05, 0.1) is 17.6 Å². The lowest BCUT2D eigenvalue weighted by Gasteiger charge is -2.29. The molecule has 2 rings (SSSR count). The standard InChI is InChI=1S/C18H27NO6S/c1-13-5-9-16(10-6-13)26(21,22)25-15-8-7-14(23-12-15)11-19-17(20)24-18(2,3)4/h5-6,9-10,14-15H,7-8,11-12H2,1-4H3,(H,19,20). The van der Waals surface area contributed by atoms with Crippen LogP contribution in [0.2, 0.25) is 0 Å². The van der Waals surface area contributed by atoms with Crippen molar-refractivity contribution in [1.82, 2.24) is 5.32 Å². The summed E-state index contributed by atoms with van der Waals surface area (Å²) in [5, 5.41) is 2.66. The highest BCUT2D eigenvalue weighted by Gasteiger charge is 2.28. The van der Waals surface area contributed by atoms with Gasteiger partial charge in [0.25, 0.3) is 10.1 Å². The van der Waals surface area contributed by atoms with Gasteiger partial charge in [0.15, 0.2) is 0 Å². The Labute approximate surface area is 155 Å². The van der Waals surface area contributed by atoms with E-state index in [1.165, 1.54) is 12.1 Å². The Morgan fingerprint density at radius 1 is 1.23 bits per heavy atom. The number of benzene rings is 1. The molecule has 1 fully saturated rings. The molecule has 1 amide bonds. The van der Waals surface area contributed by atoms with Gasteiger partial charge in [-0.15, -0.1) is 0 Å². The zero-order chi connectivity index (χ0) is 19.4. The first-order chi connectivity index (χ1) is 12.0. The number of hydrogen-bond donors (Lipinski definition) is 1. The Bertz CT molecular complexity index is 700. The molecular formula is C18H27NO6S. The average Bonchev–Trinajstić information content (AvgIpc) is 2.53. The molecule has 1 aromatic carbocycles. The summed E-state index contributed by atoms with van der Waals surface area (Å²) in [6.07, 6.45) is -0.0970. The van der Waals surface area contributed by atoms with Gasteiger partial charge in [-0.05, 0) is 52.7 Å². The lowest BCUT2D eigenvalue weighted by atomic mass is 10.1. The Hall–Kier alpha value is -1.64. The van der Waals surface area contributed by atoms with Crippen molar-refractivity contribution in [2.75, 3.05) is 13.2 Å². The molecule has 2 unspecified atom stereocenters. The van der Waals surface area contributed by atoms with E-state index in [1.54, 1.807) is 32.9 Å². The average molecular weight is 385 g/mol. The number of carbonyl (C=O) groups is 1. The molecular weight excluding hydrogens is 358 g/mol. The van der Waals surface area contributed by atoms with E-state index < -0.39 is 27.9 Å². The van der Waals surface area contributed by atoms with Crippen LogP contribution in [0.1, 0.15) is 39.2 Å². The quantitative estimate of drug-likeness (QED) is 0.784. The van der Waals surface area contributed by atoms with Gasteiger partial charge in [-0.25, -0.2) is 4.79 Å². The topological polar surface area (TPSA) is 90.9 Å². The van der Waals surface area contributed by atoms with Crippen molar-refractivity contribution in [2.45, 2.75) is 63.2 Å². The molecule has 1 saturated heterocycles. The van der Waals surface area contributed by atoms with E-state index in [2.05, 4.69) is 5.32 Å². The minimum Gasteiger partial charge on any atom is -0.444 e. The van der Waals surface area contributed by atoms with Gasteiger partial charge in [0.1, 0.15) is 11.7 Å². The first-order valence-corrected chi connectivity index (χ1v) is 10.0. The third kappa shape index (κ3) is 6.59. The van der Waals surface area contributed by atoms with Crippen molar-refractivity contribution in [3.05, 3.63) is 29.8 Å². The highest BCUT2D eigenvalue weighted by Crippen LogP contribution is 2.21. The van der Waals surface area contributed by atoms with Crippen molar-refractivity contribution < 1.29 is 26.9 Å². The first-order valence-electron chi connectivity index (χ1n) is 8.63. The second-order valence-electron chi connectivity index (χ2n) is 7.40. The SMILES string of the molecule is Cc1ccc(S(=O)(=O)OC2CCC(CNC(=O)OC(C)(C)C)OC2)cc1. The molecule has 0 aromatic heterocycles. The van der Waals surface area contributed by atoms with E-state index in [-0.39, 0.29) is 17.6 Å². The van der Waals surface area contributed by atoms with Gasteiger partial charge in [-0.1, -0.05) is 17.7 Å². The van der Waals surface area contributed by atoms with Crippen LogP contribution < -0.4 is 5.32 Å². The molecule has 0 radical (unpaired) electrons. The predicted molar refractivity (Wildman–Crippen MR) is 96.4 cm³/mol. The summed E-state index contributed by atoms with van der Waals surface area (Å²) in [6.45, 7) is 7.73. The van der Waals surface area contributed by atoms with Crippen molar-refractivity contribution in [3.8, 4) is 0 Å². The molecule has 1 aromatic rings. The normalized spacial score (nSPS) is 21.2. The monoisotopic (exact) mass is 385 g/mol. The highest BCUT2D eigenvalue weighted by molar-refractivity contribution is 7.86. The lowest BCUT2D eigenvalue weighted by molar-refractivity contribution is -0.0432. The van der Waals surface area contributed by atoms with Crippen LogP contribution in [0.4, 0.5) is 4.79 Å². The molecule has 0 spiro atoms. The van der Waals surface area contributed by atoms with Gasteiger partial charge in [0, 0.05) is 6.54 Å². The number of rotatable bonds is 5. The van der Waals surface area contributed by atoms with Crippen LogP contribution in [0.25, 0.3) is 0 Å². The molecule has 1 N–H and O–H groups in total. The maximum absolute atomic E-state index is 12.3. The van der Waals surface area contributed by atoms with Crippen LogP contribution >= 0.6 is 0 Å². The largest absolute Gasteiger partial charge is 0.444 e. The van der Waals surface area contributed by atoms with Crippen molar-refractivity contribution in [1.29, 1.82) is 0 Å². The van der Waals surface area contributed by atoms with Crippen LogP contribution in [-0.4, -0.2) is 45.5 Å². The number of amides is 1. The van der Waals surface area contributed by atoms with Crippen LogP contribution in [0.3, 0.4) is 0 Å². The fourth-order valence-electron chi connectivity index (χ4n) is 2.47. The molecule has 1 aliphatic heterocycles. The molecule has 2 atom stereocenters. The fraction of sp³-hybridized carbons (Fsp3) is 0.611. The lowest BCUT2D eigenvalue weighted by Crippen LogP contribution is -2.41. The number of aryl methyl sites for hydroxylation is 1. The van der Waals surface area contributed by atoms with Gasteiger partial charge in [-0.3, -0.25) is 4.18 Å². The Balaban J connectivity index is 1.78. The summed E-state index contributed by atoms with van der Waals surface area (Å²) in [4.78, 5) is 11.8. The van der Waals surface area contributed by atoms with E-state index in [4.69, 9.17) is 13.7 Å². The summed E-state index contributed by atoms with van der Waals surface area (Å²) in [5.41, 5.74) is 0.422. The zero-order valence-corrected chi connectivity index (χ0v) is 16.5. The summed E-state index contributed by atoms with van der Waals surface area (Å²) in [5.74, 6) is 0. The zero-order valence-electron chi connectivity index (χ0n) is 15.7. The number of hydrogen-bond acceptors (Lipinski definition) is 6. The van der Waals surface area contributed by atoms with Crippen LogP contribution in [0.15, 0.2) is 29.2 Å². The molecule has 7 nitrogen and oxygen atoms in total. The Morgan fingerprint density at radius 2 is 1.88 bits per heavy atom. The number of nitrogens with one attached hydrogen (secondary N) is 1. The number of alkyl carbamates (subject to hydrolysis) is 1. The molecule has 146 valence electrons. The summed E-state index contributed by atoms with van der Waals surface area (Å²) in [6, 6.07) is 6.52. The van der Waals surface area contributed by atoms with Gasteiger partial charge in [-0.2, -0.15) is 8.42 Å². The maximum Gasteiger partial charge on any atom is 0.407 e. The van der Waals surface area contributed by atoms with Gasteiger partial charge in [0.2, 0.25) is 0 Å². The van der Waals surface area contributed by atoms with Gasteiger partial charge < -0.3 is 14.8 Å². The third-order valence-corrected chi connectivity index (χ3v) is 5.15. The predicted octanol–water partition coefficient (Wildman–Crippen LogP) is 2.77. The molecule has 1 aliphatic rings. The van der Waals surface area contributed by atoms with E-state index >= 15 is 0 Å². The van der Waals surface area contributed by atoms with E-state index in [0.29, 0.717) is 19.4 Å². The smallest absolute Gasteiger partial charge is 0.407 e. The third-order valence-electron chi connectivity index (χ3n) is 3.77. The molecule has 8 heteroatoms. The molecule has 1 heterocycles. The van der Waals surface area contributed by atoms with Gasteiger partial charge >= 0.3 is 6.09 Å². The molecule has 26 heavy (non-hydrogen) atoms. The van der Waals surface area contributed by atoms with E-state index in [0.717, 1.165) is 5.56 Å². The maximum atomic E-state index is 12.3. The van der Waals surface area contributed by atoms with Crippen molar-refractivity contribution >= 4 is 16.2 Å². The second kappa shape index (κ2) is 8.37. The summed E-state index contributed by atoms with van der Waals surface area (Å²) < 4.78 is 40.6. The fourth-order valence-corrected chi connectivity index (χ4v) is 3.56. The second-order valence-corrected chi connectivity index (χ2v) is 8.97. The van der Waals surface area contributed by atoms with E-state index in [1.807, 2.05) is 6.92 Å². The van der Waals surface area contributed by atoms with E-state index in [9.17, 15) is 13.2 Å². The number of ether oxygens (including phenoxy) is 2. The summed E-state index contributed by atoms with van der Waals surface area (Å²) >= 11 is 0. The molecule has 0 aliphatic carbocycles. The minimum atomic E-state index is -3.81. The first kappa shape index (κ1) is 20.7. The molecule has 0 bridgehead atoms. The minimum absolute atomic E-state index is 0.136.